The molecule has 5 aromatic rings. The van der Waals surface area contributed by atoms with E-state index in [1.165, 1.54) is 18.3 Å². The van der Waals surface area contributed by atoms with Crippen molar-refractivity contribution in [2.75, 3.05) is 32.7 Å². The molecule has 51 heavy (non-hydrogen) atoms. The second-order valence-corrected chi connectivity index (χ2v) is 12.5. The van der Waals surface area contributed by atoms with Crippen molar-refractivity contribution in [3.63, 3.8) is 0 Å². The van der Waals surface area contributed by atoms with Crippen LogP contribution in [0.25, 0.3) is 11.4 Å². The second-order valence-electron chi connectivity index (χ2n) is 11.7. The van der Waals surface area contributed by atoms with E-state index in [1.807, 2.05) is 29.2 Å². The van der Waals surface area contributed by atoms with Crippen molar-refractivity contribution >= 4 is 35.3 Å². The van der Waals surface area contributed by atoms with Crippen molar-refractivity contribution in [2.45, 2.75) is 19.8 Å². The van der Waals surface area contributed by atoms with Crippen LogP contribution in [0.4, 0.5) is 8.78 Å². The molecule has 4 aromatic carbocycles. The molecule has 1 fully saturated rings. The molecule has 1 aliphatic rings. The summed E-state index contributed by atoms with van der Waals surface area (Å²) in [6.45, 7) is 3.76. The minimum Gasteiger partial charge on any atom is -0.507 e. The molecule has 11 nitrogen and oxygen atoms in total. The van der Waals surface area contributed by atoms with E-state index in [9.17, 15) is 18.7 Å². The molecule has 1 aromatic heterocycles. The molecule has 264 valence electrons. The predicted octanol–water partition coefficient (Wildman–Crippen LogP) is 6.45. The largest absolute Gasteiger partial charge is 0.507 e. The number of aromatic hydroxyl groups is 1. The first-order valence-corrected chi connectivity index (χ1v) is 16.6. The number of benzene rings is 4. The number of amides is 1. The average Bonchev–Trinajstić information content (AvgIpc) is 3.59. The number of carbonyl (C=O) groups is 1. The van der Waals surface area contributed by atoms with E-state index >= 15 is 0 Å². The quantitative estimate of drug-likeness (QED) is 0.104. The van der Waals surface area contributed by atoms with Crippen LogP contribution in [0, 0.1) is 11.6 Å². The maximum atomic E-state index is 13.4. The number of hydrogen-bond acceptors (Lipinski definition) is 10. The molecule has 0 atom stereocenters. The Labute approximate surface area is 302 Å². The summed E-state index contributed by atoms with van der Waals surface area (Å²) in [4.78, 5) is 21.2. The fourth-order valence-corrected chi connectivity index (χ4v) is 5.61. The first-order chi connectivity index (χ1) is 24.7. The maximum Gasteiger partial charge on any atom is 0.254 e. The van der Waals surface area contributed by atoms with Gasteiger partial charge in [0, 0.05) is 65.0 Å². The third kappa shape index (κ3) is 10.0. The highest BCUT2D eigenvalue weighted by atomic mass is 35.5. The summed E-state index contributed by atoms with van der Waals surface area (Å²) >= 11 is 12.1. The number of carbonyl (C=O) groups excluding carboxylic acids is 1. The molecular weight excluding hydrogens is 705 g/mol. The Kier molecular flexibility index (Phi) is 11.7. The zero-order chi connectivity index (χ0) is 35.7. The van der Waals surface area contributed by atoms with Crippen LogP contribution >= 0.6 is 23.2 Å². The molecule has 6 rings (SSSR count). The zero-order valence-corrected chi connectivity index (χ0v) is 28.6. The lowest BCUT2D eigenvalue weighted by atomic mass is 10.1. The van der Waals surface area contributed by atoms with Crippen LogP contribution in [0.15, 0.2) is 88.5 Å². The van der Waals surface area contributed by atoms with Crippen LogP contribution < -0.4 is 14.9 Å². The molecule has 0 saturated carbocycles. The number of piperazine rings is 1. The number of halogens is 4. The van der Waals surface area contributed by atoms with Gasteiger partial charge in [-0.3, -0.25) is 14.6 Å². The van der Waals surface area contributed by atoms with Crippen molar-refractivity contribution in [3.05, 3.63) is 123 Å². The lowest BCUT2D eigenvalue weighted by molar-refractivity contribution is -0.122. The molecular formula is C36H32Cl2F2N6O5. The van der Waals surface area contributed by atoms with E-state index < -0.39 is 11.6 Å². The smallest absolute Gasteiger partial charge is 0.254 e. The number of nitrogens with one attached hydrogen (secondary N) is 1. The highest BCUT2D eigenvalue weighted by Crippen LogP contribution is 2.26. The second kappa shape index (κ2) is 16.8. The van der Waals surface area contributed by atoms with Gasteiger partial charge in [-0.05, 0) is 42.0 Å². The van der Waals surface area contributed by atoms with Crippen LogP contribution in [0.1, 0.15) is 22.6 Å². The van der Waals surface area contributed by atoms with Crippen molar-refractivity contribution < 1.29 is 32.7 Å². The van der Waals surface area contributed by atoms with Gasteiger partial charge in [0.1, 0.15) is 30.5 Å². The molecule has 1 amide bonds. The van der Waals surface area contributed by atoms with Crippen molar-refractivity contribution in [3.8, 4) is 28.6 Å². The average molecular weight is 738 g/mol. The van der Waals surface area contributed by atoms with Gasteiger partial charge in [0.15, 0.2) is 11.6 Å². The van der Waals surface area contributed by atoms with E-state index in [4.69, 9.17) is 37.2 Å². The SMILES string of the molecule is O=C(CN1CCN(Cc2nc(-c3ccc(COc4ccc(F)c(F)c4)cc3)no2)CC1)N/N=C/c1ccc(OCc2ccc(Cl)cc2Cl)cc1O. The summed E-state index contributed by atoms with van der Waals surface area (Å²) < 4.78 is 43.3. The van der Waals surface area contributed by atoms with Gasteiger partial charge in [-0.1, -0.05) is 58.7 Å². The van der Waals surface area contributed by atoms with E-state index in [1.54, 1.807) is 30.3 Å². The van der Waals surface area contributed by atoms with E-state index in [-0.39, 0.29) is 37.2 Å². The first kappa shape index (κ1) is 35.7. The van der Waals surface area contributed by atoms with Gasteiger partial charge in [-0.2, -0.15) is 10.1 Å². The number of ether oxygens (including phenoxy) is 2. The van der Waals surface area contributed by atoms with Crippen molar-refractivity contribution in [2.24, 2.45) is 5.10 Å². The number of aromatic nitrogens is 2. The monoisotopic (exact) mass is 736 g/mol. The van der Waals surface area contributed by atoms with Gasteiger partial charge in [0.05, 0.1) is 19.3 Å². The Morgan fingerprint density at radius 3 is 2.37 bits per heavy atom. The summed E-state index contributed by atoms with van der Waals surface area (Å²) in [5.41, 5.74) is 5.27. The summed E-state index contributed by atoms with van der Waals surface area (Å²) in [5, 5.41) is 19.5. The Morgan fingerprint density at radius 2 is 1.63 bits per heavy atom. The molecule has 1 saturated heterocycles. The predicted molar refractivity (Wildman–Crippen MR) is 187 cm³/mol. The van der Waals surface area contributed by atoms with Crippen LogP contribution in [0.5, 0.6) is 17.2 Å². The molecule has 0 bridgehead atoms. The lowest BCUT2D eigenvalue weighted by Crippen LogP contribution is -2.48. The fraction of sp³-hybridized carbons (Fsp3) is 0.222. The Hall–Kier alpha value is -5.08. The fourth-order valence-electron chi connectivity index (χ4n) is 5.15. The molecule has 0 radical (unpaired) electrons. The minimum atomic E-state index is -0.963. The van der Waals surface area contributed by atoms with E-state index in [0.29, 0.717) is 65.8 Å². The summed E-state index contributed by atoms with van der Waals surface area (Å²) in [6.07, 6.45) is 1.37. The summed E-state index contributed by atoms with van der Waals surface area (Å²) in [5.74, 6) is -0.615. The maximum absolute atomic E-state index is 13.4. The van der Waals surface area contributed by atoms with Gasteiger partial charge >= 0.3 is 0 Å². The normalized spacial score (nSPS) is 13.8. The molecule has 2 N–H and O–H groups in total. The summed E-state index contributed by atoms with van der Waals surface area (Å²) in [7, 11) is 0. The molecule has 2 heterocycles. The number of nitrogens with zero attached hydrogens (tertiary/aromatic N) is 5. The van der Waals surface area contributed by atoms with E-state index in [0.717, 1.165) is 28.8 Å². The first-order valence-electron chi connectivity index (χ1n) is 15.8. The molecule has 0 spiro atoms. The topological polar surface area (TPSA) is 126 Å². The van der Waals surface area contributed by atoms with Gasteiger partial charge in [-0.15, -0.1) is 0 Å². The van der Waals surface area contributed by atoms with Gasteiger partial charge in [-0.25, -0.2) is 14.2 Å². The molecule has 1 aliphatic heterocycles. The van der Waals surface area contributed by atoms with Crippen LogP contribution in [-0.4, -0.2) is 69.9 Å². The Balaban J connectivity index is 0.897. The standard InChI is InChI=1S/C36H32Cl2F2N6O5/c37-27-7-5-26(30(38)15-27)22-50-29-8-6-25(33(47)17-29)18-41-43-34(48)19-45-11-13-46(14-12-45)20-35-42-36(44-51-35)24-3-1-23(2-4-24)21-49-28-9-10-31(39)32(40)16-28/h1-10,15-18,47H,11-14,19-22H2,(H,43,48)/b41-18+. The highest BCUT2D eigenvalue weighted by molar-refractivity contribution is 6.35. The Morgan fingerprint density at radius 1 is 0.902 bits per heavy atom. The van der Waals surface area contributed by atoms with Gasteiger partial charge in [0.25, 0.3) is 5.91 Å². The van der Waals surface area contributed by atoms with Crippen LogP contribution in [0.2, 0.25) is 10.0 Å². The van der Waals surface area contributed by atoms with Crippen molar-refractivity contribution in [1.29, 1.82) is 0 Å². The lowest BCUT2D eigenvalue weighted by Gasteiger charge is -2.33. The van der Waals surface area contributed by atoms with Crippen LogP contribution in [-0.2, 0) is 24.6 Å². The number of phenolic OH excluding ortho intramolecular Hbond substituents is 1. The van der Waals surface area contributed by atoms with E-state index in [2.05, 4.69) is 25.6 Å². The van der Waals surface area contributed by atoms with Crippen LogP contribution in [0.3, 0.4) is 0 Å². The molecule has 15 heteroatoms. The summed E-state index contributed by atoms with van der Waals surface area (Å²) in [6, 6.07) is 20.6. The molecule has 0 unspecified atom stereocenters. The van der Waals surface area contributed by atoms with Crippen molar-refractivity contribution in [1.82, 2.24) is 25.4 Å². The number of phenols is 1. The highest BCUT2D eigenvalue weighted by Gasteiger charge is 2.21. The van der Waals surface area contributed by atoms with Gasteiger partial charge < -0.3 is 19.1 Å². The minimum absolute atomic E-state index is 0.0557. The zero-order valence-electron chi connectivity index (χ0n) is 27.1. The Bertz CT molecular complexity index is 2000. The number of hydrogen-bond donors (Lipinski definition) is 2. The van der Waals surface area contributed by atoms with Gasteiger partial charge in [0.2, 0.25) is 11.7 Å². The third-order valence-corrected chi connectivity index (χ3v) is 8.56. The number of rotatable bonds is 13. The third-order valence-electron chi connectivity index (χ3n) is 7.97. The molecule has 0 aliphatic carbocycles. The number of hydrazone groups is 1.